The molecule has 1 heterocycles. The fourth-order valence-electron chi connectivity index (χ4n) is 1.57. The molecule has 4 nitrogen and oxygen atoms in total. The number of nitrogen functional groups attached to an aromatic ring is 1. The smallest absolute Gasteiger partial charge is 0.135 e. The second-order valence-corrected chi connectivity index (χ2v) is 5.26. The van der Waals surface area contributed by atoms with Crippen LogP contribution in [0.3, 0.4) is 0 Å². The highest BCUT2D eigenvalue weighted by molar-refractivity contribution is 5.47. The van der Waals surface area contributed by atoms with Crippen LogP contribution in [-0.4, -0.2) is 23.1 Å². The van der Waals surface area contributed by atoms with Crippen LogP contribution in [0.1, 0.15) is 46.4 Å². The molecule has 0 amide bonds. The molecular weight excluding hydrogens is 212 g/mol. The van der Waals surface area contributed by atoms with E-state index in [-0.39, 0.29) is 0 Å². The number of aromatic nitrogens is 2. The minimum absolute atomic E-state index is 0.292. The predicted octanol–water partition coefficient (Wildman–Crippen LogP) is 2.66. The highest BCUT2D eigenvalue weighted by Crippen LogP contribution is 2.21. The lowest BCUT2D eigenvalue weighted by atomic mass is 10.1. The highest BCUT2D eigenvalue weighted by Gasteiger charge is 2.16. The Balaban J connectivity index is 3.05. The summed E-state index contributed by atoms with van der Waals surface area (Å²) in [5.41, 5.74) is 5.83. The summed E-state index contributed by atoms with van der Waals surface area (Å²) < 4.78 is 0. The Morgan fingerprint density at radius 1 is 1.12 bits per heavy atom. The van der Waals surface area contributed by atoms with Crippen LogP contribution >= 0.6 is 0 Å². The lowest BCUT2D eigenvalue weighted by molar-refractivity contribution is 0.501. The second-order valence-electron chi connectivity index (χ2n) is 5.26. The van der Waals surface area contributed by atoms with Crippen LogP contribution in [0.4, 0.5) is 11.6 Å². The molecule has 2 N–H and O–H groups in total. The van der Waals surface area contributed by atoms with E-state index in [1.54, 1.807) is 0 Å². The van der Waals surface area contributed by atoms with E-state index in [0.717, 1.165) is 11.6 Å². The zero-order chi connectivity index (χ0) is 13.2. The van der Waals surface area contributed by atoms with Crippen LogP contribution in [0.2, 0.25) is 0 Å². The van der Waals surface area contributed by atoms with E-state index >= 15 is 0 Å². The number of nitrogens with two attached hydrogens (primary N) is 1. The maximum atomic E-state index is 5.83. The Kier molecular flexibility index (Phi) is 4.32. The van der Waals surface area contributed by atoms with E-state index in [0.29, 0.717) is 23.7 Å². The van der Waals surface area contributed by atoms with Gasteiger partial charge in [-0.15, -0.1) is 0 Å². The van der Waals surface area contributed by atoms with Crippen molar-refractivity contribution in [1.82, 2.24) is 9.97 Å². The van der Waals surface area contributed by atoms with Crippen LogP contribution in [0.5, 0.6) is 0 Å². The number of anilines is 2. The molecule has 4 heteroatoms. The molecule has 0 fully saturated rings. The maximum Gasteiger partial charge on any atom is 0.135 e. The quantitative estimate of drug-likeness (QED) is 0.873. The van der Waals surface area contributed by atoms with Crippen molar-refractivity contribution in [3.63, 3.8) is 0 Å². The van der Waals surface area contributed by atoms with E-state index in [1.165, 1.54) is 0 Å². The standard InChI is InChI=1S/C13H24N4/c1-8(2)10(5)17(6)12-7-11(14)15-13(16-12)9(3)4/h7-10H,1-6H3,(H2,14,15,16). The van der Waals surface area contributed by atoms with Gasteiger partial charge in [0.1, 0.15) is 17.5 Å². The van der Waals surface area contributed by atoms with Crippen LogP contribution in [-0.2, 0) is 0 Å². The Hall–Kier alpha value is -1.32. The van der Waals surface area contributed by atoms with Gasteiger partial charge in [-0.05, 0) is 12.8 Å². The van der Waals surface area contributed by atoms with Gasteiger partial charge in [0, 0.05) is 25.1 Å². The monoisotopic (exact) mass is 236 g/mol. The first-order chi connectivity index (χ1) is 7.82. The van der Waals surface area contributed by atoms with Crippen molar-refractivity contribution in [2.45, 2.75) is 46.6 Å². The van der Waals surface area contributed by atoms with Gasteiger partial charge in [0.25, 0.3) is 0 Å². The largest absolute Gasteiger partial charge is 0.384 e. The topological polar surface area (TPSA) is 55.0 Å². The van der Waals surface area contributed by atoms with Crippen molar-refractivity contribution in [1.29, 1.82) is 0 Å². The van der Waals surface area contributed by atoms with Gasteiger partial charge in [-0.2, -0.15) is 0 Å². The third-order valence-electron chi connectivity index (χ3n) is 3.20. The summed E-state index contributed by atoms with van der Waals surface area (Å²) in [4.78, 5) is 11.0. The summed E-state index contributed by atoms with van der Waals surface area (Å²) in [6.45, 7) is 10.7. The first-order valence-corrected chi connectivity index (χ1v) is 6.20. The van der Waals surface area contributed by atoms with Crippen LogP contribution < -0.4 is 10.6 Å². The minimum atomic E-state index is 0.292. The molecule has 1 atom stereocenters. The number of hydrogen-bond donors (Lipinski definition) is 1. The molecule has 1 unspecified atom stereocenters. The van der Waals surface area contributed by atoms with Crippen molar-refractivity contribution in [3.8, 4) is 0 Å². The summed E-state index contributed by atoms with van der Waals surface area (Å²) in [5.74, 6) is 3.12. The summed E-state index contributed by atoms with van der Waals surface area (Å²) >= 11 is 0. The molecule has 0 aliphatic rings. The molecule has 0 radical (unpaired) electrons. The minimum Gasteiger partial charge on any atom is -0.384 e. The second kappa shape index (κ2) is 5.34. The van der Waals surface area contributed by atoms with Gasteiger partial charge in [0.15, 0.2) is 0 Å². The van der Waals surface area contributed by atoms with E-state index in [1.807, 2.05) is 6.07 Å². The molecular formula is C13H24N4. The van der Waals surface area contributed by atoms with Crippen molar-refractivity contribution in [2.24, 2.45) is 5.92 Å². The molecule has 0 aliphatic carbocycles. The molecule has 0 saturated heterocycles. The molecule has 0 aromatic carbocycles. The van der Waals surface area contributed by atoms with Crippen molar-refractivity contribution < 1.29 is 0 Å². The Bertz CT molecular complexity index is 374. The van der Waals surface area contributed by atoms with E-state index in [9.17, 15) is 0 Å². The van der Waals surface area contributed by atoms with Gasteiger partial charge >= 0.3 is 0 Å². The molecule has 1 aromatic heterocycles. The molecule has 0 aliphatic heterocycles. The third-order valence-corrected chi connectivity index (χ3v) is 3.20. The average Bonchev–Trinajstić information content (AvgIpc) is 2.25. The zero-order valence-electron chi connectivity index (χ0n) is 11.7. The highest BCUT2D eigenvalue weighted by atomic mass is 15.2. The van der Waals surface area contributed by atoms with Crippen LogP contribution in [0.25, 0.3) is 0 Å². The molecule has 0 saturated carbocycles. The lowest BCUT2D eigenvalue weighted by Gasteiger charge is -2.29. The number of nitrogens with zero attached hydrogens (tertiary/aromatic N) is 3. The third kappa shape index (κ3) is 3.32. The normalized spacial score (nSPS) is 13.2. The zero-order valence-corrected chi connectivity index (χ0v) is 11.7. The molecule has 0 bridgehead atoms. The number of hydrogen-bond acceptors (Lipinski definition) is 4. The van der Waals surface area contributed by atoms with E-state index in [4.69, 9.17) is 5.73 Å². The lowest BCUT2D eigenvalue weighted by Crippen LogP contribution is -2.34. The Morgan fingerprint density at radius 3 is 2.18 bits per heavy atom. The summed E-state index contributed by atoms with van der Waals surface area (Å²) in [6.07, 6.45) is 0. The summed E-state index contributed by atoms with van der Waals surface area (Å²) in [7, 11) is 2.05. The van der Waals surface area contributed by atoms with Gasteiger partial charge in [0.2, 0.25) is 0 Å². The SMILES string of the molecule is CC(C)c1nc(N)cc(N(C)C(C)C(C)C)n1. The van der Waals surface area contributed by atoms with Crippen molar-refractivity contribution in [3.05, 3.63) is 11.9 Å². The average molecular weight is 236 g/mol. The van der Waals surface area contributed by atoms with E-state index in [2.05, 4.69) is 56.5 Å². The molecule has 1 aromatic rings. The van der Waals surface area contributed by atoms with Gasteiger partial charge in [-0.3, -0.25) is 0 Å². The van der Waals surface area contributed by atoms with Crippen molar-refractivity contribution in [2.75, 3.05) is 17.7 Å². The van der Waals surface area contributed by atoms with Gasteiger partial charge in [-0.1, -0.05) is 27.7 Å². The molecule has 0 spiro atoms. The molecule has 96 valence electrons. The van der Waals surface area contributed by atoms with Gasteiger partial charge in [0.05, 0.1) is 0 Å². The summed E-state index contributed by atoms with van der Waals surface area (Å²) in [5, 5.41) is 0. The van der Waals surface area contributed by atoms with Crippen LogP contribution in [0.15, 0.2) is 6.07 Å². The summed E-state index contributed by atoms with van der Waals surface area (Å²) in [6, 6.07) is 2.26. The molecule has 1 rings (SSSR count). The van der Waals surface area contributed by atoms with Crippen molar-refractivity contribution >= 4 is 11.6 Å². The fourth-order valence-corrected chi connectivity index (χ4v) is 1.57. The van der Waals surface area contributed by atoms with Crippen LogP contribution in [0, 0.1) is 5.92 Å². The fraction of sp³-hybridized carbons (Fsp3) is 0.692. The predicted molar refractivity (Wildman–Crippen MR) is 73.2 cm³/mol. The Labute approximate surface area is 104 Å². The first kappa shape index (κ1) is 13.7. The number of rotatable bonds is 4. The molecule has 17 heavy (non-hydrogen) atoms. The Morgan fingerprint density at radius 2 is 1.71 bits per heavy atom. The maximum absolute atomic E-state index is 5.83. The van der Waals surface area contributed by atoms with E-state index < -0.39 is 0 Å². The first-order valence-electron chi connectivity index (χ1n) is 6.20. The van der Waals surface area contributed by atoms with Gasteiger partial charge in [-0.25, -0.2) is 9.97 Å². The van der Waals surface area contributed by atoms with Gasteiger partial charge < -0.3 is 10.6 Å².